The molecule has 0 amide bonds. The van der Waals surface area contributed by atoms with E-state index in [1.165, 1.54) is 25.7 Å². The van der Waals surface area contributed by atoms with Crippen LogP contribution in [0.5, 0.6) is 0 Å². The average Bonchev–Trinajstić information content (AvgIpc) is 2.40. The van der Waals surface area contributed by atoms with Gasteiger partial charge in [-0.1, -0.05) is 20.8 Å². The highest BCUT2D eigenvalue weighted by molar-refractivity contribution is 5.47. The molecule has 0 radical (unpaired) electrons. The van der Waals surface area contributed by atoms with Crippen molar-refractivity contribution in [3.63, 3.8) is 0 Å². The standard InChI is InChI=1S/C15H26N4/c1-5-12-18-13(16-4)10-14(19-12)17-11-6-8-15(2,3)9-7-11/h10-11H,5-9H2,1-4H3,(H2,16,17,18,19). The van der Waals surface area contributed by atoms with Gasteiger partial charge in [-0.25, -0.2) is 9.97 Å². The van der Waals surface area contributed by atoms with Gasteiger partial charge >= 0.3 is 0 Å². The Kier molecular flexibility index (Phi) is 4.27. The summed E-state index contributed by atoms with van der Waals surface area (Å²) >= 11 is 0. The summed E-state index contributed by atoms with van der Waals surface area (Å²) in [5.74, 6) is 2.75. The van der Waals surface area contributed by atoms with Crippen molar-refractivity contribution in [1.29, 1.82) is 0 Å². The van der Waals surface area contributed by atoms with E-state index in [9.17, 15) is 0 Å². The molecule has 0 atom stereocenters. The highest BCUT2D eigenvalue weighted by Gasteiger charge is 2.26. The van der Waals surface area contributed by atoms with E-state index in [-0.39, 0.29) is 0 Å². The lowest BCUT2D eigenvalue weighted by atomic mass is 9.75. The zero-order valence-corrected chi connectivity index (χ0v) is 12.6. The zero-order valence-electron chi connectivity index (χ0n) is 12.6. The Balaban J connectivity index is 2.03. The van der Waals surface area contributed by atoms with Crippen molar-refractivity contribution >= 4 is 11.6 Å². The summed E-state index contributed by atoms with van der Waals surface area (Å²) in [5, 5.41) is 6.68. The van der Waals surface area contributed by atoms with Gasteiger partial charge in [0.25, 0.3) is 0 Å². The molecule has 0 bridgehead atoms. The van der Waals surface area contributed by atoms with Crippen LogP contribution in [0.15, 0.2) is 6.07 Å². The minimum Gasteiger partial charge on any atom is -0.373 e. The molecule has 19 heavy (non-hydrogen) atoms. The first kappa shape index (κ1) is 14.1. The van der Waals surface area contributed by atoms with Crippen LogP contribution in [0.2, 0.25) is 0 Å². The number of nitrogens with zero attached hydrogens (tertiary/aromatic N) is 2. The van der Waals surface area contributed by atoms with Crippen molar-refractivity contribution in [2.75, 3.05) is 17.7 Å². The fraction of sp³-hybridized carbons (Fsp3) is 0.733. The molecule has 1 aliphatic carbocycles. The van der Waals surface area contributed by atoms with Gasteiger partial charge in [0, 0.05) is 25.6 Å². The highest BCUT2D eigenvalue weighted by atomic mass is 15.1. The number of nitrogens with one attached hydrogen (secondary N) is 2. The first-order valence-corrected chi connectivity index (χ1v) is 7.34. The van der Waals surface area contributed by atoms with Gasteiger partial charge < -0.3 is 10.6 Å². The first-order chi connectivity index (χ1) is 9.02. The number of anilines is 2. The van der Waals surface area contributed by atoms with Crippen LogP contribution in [0, 0.1) is 5.41 Å². The Bertz CT molecular complexity index is 396. The third-order valence-electron chi connectivity index (χ3n) is 4.04. The van der Waals surface area contributed by atoms with Crippen LogP contribution in [0.1, 0.15) is 52.3 Å². The minimum atomic E-state index is 0.508. The summed E-state index contributed by atoms with van der Waals surface area (Å²) < 4.78 is 0. The Morgan fingerprint density at radius 2 is 1.84 bits per heavy atom. The second-order valence-corrected chi connectivity index (χ2v) is 6.24. The summed E-state index contributed by atoms with van der Waals surface area (Å²) in [5.41, 5.74) is 0.508. The molecular weight excluding hydrogens is 236 g/mol. The van der Waals surface area contributed by atoms with E-state index >= 15 is 0 Å². The molecule has 4 nitrogen and oxygen atoms in total. The Morgan fingerprint density at radius 3 is 2.42 bits per heavy atom. The second kappa shape index (κ2) is 5.76. The lowest BCUT2D eigenvalue weighted by Gasteiger charge is -2.34. The molecule has 2 rings (SSSR count). The van der Waals surface area contributed by atoms with Gasteiger partial charge in [-0.2, -0.15) is 0 Å². The van der Waals surface area contributed by atoms with Gasteiger partial charge in [0.1, 0.15) is 17.5 Å². The maximum absolute atomic E-state index is 4.57. The number of hydrogen-bond donors (Lipinski definition) is 2. The van der Waals surface area contributed by atoms with Crippen molar-refractivity contribution in [2.45, 2.75) is 58.9 Å². The summed E-state index contributed by atoms with van der Waals surface area (Å²) in [6.45, 7) is 6.81. The fourth-order valence-electron chi connectivity index (χ4n) is 2.61. The van der Waals surface area contributed by atoms with Crippen LogP contribution in [0.25, 0.3) is 0 Å². The molecule has 0 aromatic carbocycles. The van der Waals surface area contributed by atoms with E-state index in [2.05, 4.69) is 41.4 Å². The fourth-order valence-corrected chi connectivity index (χ4v) is 2.61. The molecule has 1 aromatic rings. The molecule has 2 N–H and O–H groups in total. The van der Waals surface area contributed by atoms with Crippen molar-refractivity contribution in [2.24, 2.45) is 5.41 Å². The quantitative estimate of drug-likeness (QED) is 0.872. The molecule has 0 unspecified atom stereocenters. The zero-order chi connectivity index (χ0) is 13.9. The maximum atomic E-state index is 4.57. The number of aromatic nitrogens is 2. The topological polar surface area (TPSA) is 49.8 Å². The van der Waals surface area contributed by atoms with Crippen molar-refractivity contribution in [3.05, 3.63) is 11.9 Å². The van der Waals surface area contributed by atoms with Gasteiger partial charge in [-0.3, -0.25) is 0 Å². The van der Waals surface area contributed by atoms with Crippen molar-refractivity contribution in [1.82, 2.24) is 9.97 Å². The first-order valence-electron chi connectivity index (χ1n) is 7.34. The molecular formula is C15H26N4. The third kappa shape index (κ3) is 3.82. The van der Waals surface area contributed by atoms with Gasteiger partial charge in [-0.05, 0) is 31.1 Å². The van der Waals surface area contributed by atoms with Crippen LogP contribution >= 0.6 is 0 Å². The molecule has 106 valence electrons. The minimum absolute atomic E-state index is 0.508. The average molecular weight is 262 g/mol. The van der Waals surface area contributed by atoms with Crippen LogP contribution in [-0.2, 0) is 6.42 Å². The van der Waals surface area contributed by atoms with Crippen molar-refractivity contribution < 1.29 is 0 Å². The molecule has 1 fully saturated rings. The third-order valence-corrected chi connectivity index (χ3v) is 4.04. The molecule has 1 heterocycles. The lowest BCUT2D eigenvalue weighted by Crippen LogP contribution is -2.30. The molecule has 1 aliphatic rings. The van der Waals surface area contributed by atoms with E-state index in [0.717, 1.165) is 23.9 Å². The molecule has 0 aliphatic heterocycles. The monoisotopic (exact) mass is 262 g/mol. The Labute approximate surface area is 116 Å². The maximum Gasteiger partial charge on any atom is 0.132 e. The number of aryl methyl sites for hydroxylation is 1. The van der Waals surface area contributed by atoms with E-state index in [4.69, 9.17) is 0 Å². The van der Waals surface area contributed by atoms with E-state index in [1.807, 2.05) is 13.1 Å². The predicted molar refractivity (Wildman–Crippen MR) is 80.6 cm³/mol. The molecule has 0 spiro atoms. The van der Waals surface area contributed by atoms with Crippen LogP contribution in [-0.4, -0.2) is 23.1 Å². The highest BCUT2D eigenvalue weighted by Crippen LogP contribution is 2.36. The van der Waals surface area contributed by atoms with Gasteiger partial charge in [0.15, 0.2) is 0 Å². The SMILES string of the molecule is CCc1nc(NC)cc(NC2CCC(C)(C)CC2)n1. The number of hydrogen-bond acceptors (Lipinski definition) is 4. The Morgan fingerprint density at radius 1 is 1.21 bits per heavy atom. The summed E-state index contributed by atoms with van der Waals surface area (Å²) in [6.07, 6.45) is 5.90. The Hall–Kier alpha value is -1.32. The largest absolute Gasteiger partial charge is 0.373 e. The lowest BCUT2D eigenvalue weighted by molar-refractivity contribution is 0.232. The van der Waals surface area contributed by atoms with Crippen LogP contribution in [0.4, 0.5) is 11.6 Å². The summed E-state index contributed by atoms with van der Waals surface area (Å²) in [4.78, 5) is 8.99. The predicted octanol–water partition coefficient (Wildman–Crippen LogP) is 3.46. The molecule has 4 heteroatoms. The van der Waals surface area contributed by atoms with E-state index < -0.39 is 0 Å². The smallest absolute Gasteiger partial charge is 0.132 e. The van der Waals surface area contributed by atoms with Gasteiger partial charge in [0.05, 0.1) is 0 Å². The summed E-state index contributed by atoms with van der Waals surface area (Å²) in [7, 11) is 1.90. The van der Waals surface area contributed by atoms with E-state index in [1.54, 1.807) is 0 Å². The van der Waals surface area contributed by atoms with Crippen LogP contribution < -0.4 is 10.6 Å². The molecule has 1 aromatic heterocycles. The van der Waals surface area contributed by atoms with E-state index in [0.29, 0.717) is 11.5 Å². The van der Waals surface area contributed by atoms with Gasteiger partial charge in [0.2, 0.25) is 0 Å². The molecule has 1 saturated carbocycles. The van der Waals surface area contributed by atoms with Crippen LogP contribution in [0.3, 0.4) is 0 Å². The number of rotatable bonds is 4. The summed E-state index contributed by atoms with van der Waals surface area (Å²) in [6, 6.07) is 2.55. The second-order valence-electron chi connectivity index (χ2n) is 6.24. The molecule has 0 saturated heterocycles. The van der Waals surface area contributed by atoms with Gasteiger partial charge in [-0.15, -0.1) is 0 Å². The normalized spacial score (nSPS) is 19.2. The van der Waals surface area contributed by atoms with Crippen molar-refractivity contribution in [3.8, 4) is 0 Å².